The Morgan fingerprint density at radius 3 is 2.58 bits per heavy atom. The predicted octanol–water partition coefficient (Wildman–Crippen LogP) is 3.59. The summed E-state index contributed by atoms with van der Waals surface area (Å²) in [6.45, 7) is 2.02. The van der Waals surface area contributed by atoms with Crippen molar-refractivity contribution in [1.82, 2.24) is 0 Å². The quantitative estimate of drug-likeness (QED) is 0.859. The molecule has 2 unspecified atom stereocenters. The zero-order chi connectivity index (χ0) is 18.3. The molecule has 1 fully saturated rings. The predicted molar refractivity (Wildman–Crippen MR) is 97.6 cm³/mol. The minimum atomic E-state index is -0.333. The normalized spacial score (nSPS) is 19.8. The third kappa shape index (κ3) is 3.20. The molecular weight excluding hydrogens is 356 g/mol. The Morgan fingerprint density at radius 1 is 1.04 bits per heavy atom. The van der Waals surface area contributed by atoms with Crippen LogP contribution in [0.2, 0.25) is 5.02 Å². The number of benzene rings is 2. The molecule has 7 heteroatoms. The van der Waals surface area contributed by atoms with Crippen LogP contribution in [0.5, 0.6) is 11.5 Å². The molecule has 1 aliphatic carbocycles. The standard InChI is InChI=1S/C19H17ClN2O4/c1-10-14(20)3-2-4-15(10)22-19(24)13-8-12(13)18(23)21-11-5-6-16-17(7-11)26-9-25-16/h2-7,12-13H,8-9H2,1H3,(H,21,23)(H,22,24). The molecule has 26 heavy (non-hydrogen) atoms. The minimum Gasteiger partial charge on any atom is -0.454 e. The first-order valence-electron chi connectivity index (χ1n) is 8.29. The van der Waals surface area contributed by atoms with E-state index >= 15 is 0 Å². The highest BCUT2D eigenvalue weighted by atomic mass is 35.5. The van der Waals surface area contributed by atoms with E-state index in [4.69, 9.17) is 21.1 Å². The third-order valence-corrected chi connectivity index (χ3v) is 5.04. The maximum atomic E-state index is 12.4. The summed E-state index contributed by atoms with van der Waals surface area (Å²) < 4.78 is 10.5. The van der Waals surface area contributed by atoms with E-state index in [1.165, 1.54) is 0 Å². The first-order chi connectivity index (χ1) is 12.5. The maximum absolute atomic E-state index is 12.4. The van der Waals surface area contributed by atoms with Gasteiger partial charge < -0.3 is 20.1 Å². The molecule has 6 nitrogen and oxygen atoms in total. The van der Waals surface area contributed by atoms with E-state index in [0.29, 0.717) is 34.3 Å². The number of anilines is 2. The van der Waals surface area contributed by atoms with E-state index < -0.39 is 0 Å². The number of hydrogen-bond donors (Lipinski definition) is 2. The van der Waals surface area contributed by atoms with Crippen LogP contribution in [0.1, 0.15) is 12.0 Å². The summed E-state index contributed by atoms with van der Waals surface area (Å²) in [6, 6.07) is 10.6. The van der Waals surface area contributed by atoms with Crippen LogP contribution in [-0.4, -0.2) is 18.6 Å². The number of carbonyl (C=O) groups excluding carboxylic acids is 2. The van der Waals surface area contributed by atoms with Gasteiger partial charge in [0.05, 0.1) is 11.8 Å². The number of nitrogens with one attached hydrogen (secondary N) is 2. The molecule has 0 spiro atoms. The van der Waals surface area contributed by atoms with Gasteiger partial charge in [0.15, 0.2) is 11.5 Å². The van der Waals surface area contributed by atoms with Crippen LogP contribution in [0.25, 0.3) is 0 Å². The second-order valence-electron chi connectivity index (χ2n) is 6.41. The summed E-state index contributed by atoms with van der Waals surface area (Å²) >= 11 is 6.07. The Kier molecular flexibility index (Phi) is 4.20. The molecule has 2 aromatic carbocycles. The number of halogens is 1. The molecule has 2 N–H and O–H groups in total. The van der Waals surface area contributed by atoms with Crippen molar-refractivity contribution in [2.45, 2.75) is 13.3 Å². The third-order valence-electron chi connectivity index (χ3n) is 4.63. The molecule has 1 saturated carbocycles. The van der Waals surface area contributed by atoms with Gasteiger partial charge in [-0.2, -0.15) is 0 Å². The zero-order valence-corrected chi connectivity index (χ0v) is 14.8. The fourth-order valence-electron chi connectivity index (χ4n) is 2.95. The van der Waals surface area contributed by atoms with Crippen molar-refractivity contribution >= 4 is 34.8 Å². The van der Waals surface area contributed by atoms with Gasteiger partial charge in [0.25, 0.3) is 0 Å². The number of amides is 2. The molecule has 4 rings (SSSR count). The van der Waals surface area contributed by atoms with E-state index in [-0.39, 0.29) is 30.4 Å². The van der Waals surface area contributed by atoms with Gasteiger partial charge in [-0.25, -0.2) is 0 Å². The molecule has 2 amide bonds. The lowest BCUT2D eigenvalue weighted by Gasteiger charge is -2.09. The van der Waals surface area contributed by atoms with Crippen LogP contribution in [0.4, 0.5) is 11.4 Å². The van der Waals surface area contributed by atoms with Gasteiger partial charge in [-0.1, -0.05) is 17.7 Å². The average Bonchev–Trinajstić information content (AvgIpc) is 3.30. The van der Waals surface area contributed by atoms with Crippen LogP contribution in [0.15, 0.2) is 36.4 Å². The highest BCUT2D eigenvalue weighted by molar-refractivity contribution is 6.31. The fourth-order valence-corrected chi connectivity index (χ4v) is 3.13. The molecule has 0 aromatic heterocycles. The van der Waals surface area contributed by atoms with E-state index in [2.05, 4.69) is 10.6 Å². The summed E-state index contributed by atoms with van der Waals surface area (Å²) in [5, 5.41) is 6.28. The molecule has 2 aromatic rings. The van der Waals surface area contributed by atoms with Crippen molar-refractivity contribution in [3.05, 3.63) is 47.0 Å². The topological polar surface area (TPSA) is 76.7 Å². The summed E-state index contributed by atoms with van der Waals surface area (Å²) in [5.74, 6) is 0.253. The lowest BCUT2D eigenvalue weighted by molar-refractivity contribution is -0.122. The van der Waals surface area contributed by atoms with E-state index in [1.807, 2.05) is 6.92 Å². The van der Waals surface area contributed by atoms with Crippen molar-refractivity contribution in [1.29, 1.82) is 0 Å². The Balaban J connectivity index is 1.36. The maximum Gasteiger partial charge on any atom is 0.231 e. The Morgan fingerprint density at radius 2 is 1.77 bits per heavy atom. The summed E-state index contributed by atoms with van der Waals surface area (Å²) in [6.07, 6.45) is 0.530. The summed E-state index contributed by atoms with van der Waals surface area (Å²) in [5.41, 5.74) is 2.10. The van der Waals surface area contributed by atoms with Crippen LogP contribution < -0.4 is 20.1 Å². The first kappa shape index (κ1) is 16.7. The average molecular weight is 373 g/mol. The Bertz CT molecular complexity index is 899. The smallest absolute Gasteiger partial charge is 0.231 e. The summed E-state index contributed by atoms with van der Waals surface area (Å²) in [4.78, 5) is 24.8. The second-order valence-corrected chi connectivity index (χ2v) is 6.81. The van der Waals surface area contributed by atoms with Crippen LogP contribution in [0.3, 0.4) is 0 Å². The highest BCUT2D eigenvalue weighted by Crippen LogP contribution is 2.41. The number of carbonyl (C=O) groups is 2. The largest absolute Gasteiger partial charge is 0.454 e. The van der Waals surface area contributed by atoms with Gasteiger partial charge in [-0.15, -0.1) is 0 Å². The van der Waals surface area contributed by atoms with Crippen molar-refractivity contribution in [3.63, 3.8) is 0 Å². The van der Waals surface area contributed by atoms with Crippen LogP contribution in [0, 0.1) is 18.8 Å². The Labute approximate surface area is 155 Å². The van der Waals surface area contributed by atoms with Gasteiger partial charge in [0, 0.05) is 22.5 Å². The molecule has 2 atom stereocenters. The molecule has 134 valence electrons. The molecular formula is C19H17ClN2O4. The van der Waals surface area contributed by atoms with Crippen molar-refractivity contribution < 1.29 is 19.1 Å². The fraction of sp³-hybridized carbons (Fsp3) is 0.263. The van der Waals surface area contributed by atoms with Gasteiger partial charge >= 0.3 is 0 Å². The van der Waals surface area contributed by atoms with Crippen LogP contribution >= 0.6 is 11.6 Å². The van der Waals surface area contributed by atoms with E-state index in [0.717, 1.165) is 5.56 Å². The first-order valence-corrected chi connectivity index (χ1v) is 8.67. The Hall–Kier alpha value is -2.73. The van der Waals surface area contributed by atoms with Crippen LogP contribution in [-0.2, 0) is 9.59 Å². The molecule has 1 heterocycles. The number of hydrogen-bond acceptors (Lipinski definition) is 4. The lowest BCUT2D eigenvalue weighted by Crippen LogP contribution is -2.20. The number of fused-ring (bicyclic) bond motifs is 1. The molecule has 1 aliphatic heterocycles. The lowest BCUT2D eigenvalue weighted by atomic mass is 10.2. The zero-order valence-electron chi connectivity index (χ0n) is 14.0. The van der Waals surface area contributed by atoms with Gasteiger partial charge in [-0.05, 0) is 43.2 Å². The molecule has 0 radical (unpaired) electrons. The van der Waals surface area contributed by atoms with Gasteiger partial charge in [0.2, 0.25) is 18.6 Å². The van der Waals surface area contributed by atoms with Crippen molar-refractivity contribution in [2.24, 2.45) is 11.8 Å². The van der Waals surface area contributed by atoms with Crippen molar-refractivity contribution in [2.75, 3.05) is 17.4 Å². The highest BCUT2D eigenvalue weighted by Gasteiger charge is 2.48. The monoisotopic (exact) mass is 372 g/mol. The minimum absolute atomic E-state index is 0.166. The molecule has 0 saturated heterocycles. The van der Waals surface area contributed by atoms with Crippen molar-refractivity contribution in [3.8, 4) is 11.5 Å². The molecule has 2 aliphatic rings. The van der Waals surface area contributed by atoms with E-state index in [9.17, 15) is 9.59 Å². The van der Waals surface area contributed by atoms with Gasteiger partial charge in [-0.3, -0.25) is 9.59 Å². The second kappa shape index (κ2) is 6.53. The molecule has 0 bridgehead atoms. The van der Waals surface area contributed by atoms with Gasteiger partial charge in [0.1, 0.15) is 0 Å². The number of rotatable bonds is 4. The van der Waals surface area contributed by atoms with E-state index in [1.54, 1.807) is 36.4 Å². The summed E-state index contributed by atoms with van der Waals surface area (Å²) in [7, 11) is 0. The SMILES string of the molecule is Cc1c(Cl)cccc1NC(=O)C1CC1C(=O)Nc1ccc2c(c1)OCO2. The number of ether oxygens (including phenoxy) is 2.